The summed E-state index contributed by atoms with van der Waals surface area (Å²) in [4.78, 5) is 30.1. The SMILES string of the molecule is CN1C(=O)N(CCCC(=O)O)CC1c1ccccn1. The van der Waals surface area contributed by atoms with Crippen molar-refractivity contribution in [3.05, 3.63) is 30.1 Å². The van der Waals surface area contributed by atoms with Crippen molar-refractivity contribution in [1.82, 2.24) is 14.8 Å². The fourth-order valence-corrected chi connectivity index (χ4v) is 2.24. The minimum Gasteiger partial charge on any atom is -0.481 e. The van der Waals surface area contributed by atoms with E-state index in [2.05, 4.69) is 4.98 Å². The molecule has 1 N–H and O–H groups in total. The lowest BCUT2D eigenvalue weighted by Gasteiger charge is -2.16. The number of pyridine rings is 1. The Bertz CT molecular complexity index is 463. The summed E-state index contributed by atoms with van der Waals surface area (Å²) in [6, 6.07) is 5.51. The highest BCUT2D eigenvalue weighted by Gasteiger charge is 2.35. The Balaban J connectivity index is 1.99. The number of aliphatic carboxylic acids is 1. The zero-order valence-electron chi connectivity index (χ0n) is 10.8. The maximum Gasteiger partial charge on any atom is 0.320 e. The van der Waals surface area contributed by atoms with E-state index in [1.165, 1.54) is 0 Å². The number of carboxylic acids is 1. The molecule has 1 atom stereocenters. The van der Waals surface area contributed by atoms with Crippen molar-refractivity contribution in [2.24, 2.45) is 0 Å². The maximum absolute atomic E-state index is 12.0. The lowest BCUT2D eigenvalue weighted by Crippen LogP contribution is -2.30. The second kappa shape index (κ2) is 5.69. The van der Waals surface area contributed by atoms with Crippen LogP contribution >= 0.6 is 0 Å². The van der Waals surface area contributed by atoms with E-state index >= 15 is 0 Å². The summed E-state index contributed by atoms with van der Waals surface area (Å²) >= 11 is 0. The normalized spacial score (nSPS) is 19.0. The molecule has 2 amide bonds. The molecule has 1 fully saturated rings. The number of carbonyl (C=O) groups is 2. The van der Waals surface area contributed by atoms with Crippen LogP contribution < -0.4 is 0 Å². The molecule has 0 aromatic carbocycles. The fourth-order valence-electron chi connectivity index (χ4n) is 2.24. The summed E-state index contributed by atoms with van der Waals surface area (Å²) in [6.07, 6.45) is 2.27. The Morgan fingerprint density at radius 3 is 2.95 bits per heavy atom. The smallest absolute Gasteiger partial charge is 0.320 e. The highest BCUT2D eigenvalue weighted by atomic mass is 16.4. The third-order valence-electron chi connectivity index (χ3n) is 3.28. The molecule has 2 heterocycles. The maximum atomic E-state index is 12.0. The number of nitrogens with zero attached hydrogens (tertiary/aromatic N) is 3. The molecule has 2 rings (SSSR count). The molecule has 0 radical (unpaired) electrons. The summed E-state index contributed by atoms with van der Waals surface area (Å²) in [5.41, 5.74) is 0.860. The Labute approximate surface area is 111 Å². The number of amides is 2. The van der Waals surface area contributed by atoms with E-state index in [4.69, 9.17) is 5.11 Å². The monoisotopic (exact) mass is 263 g/mol. The fraction of sp³-hybridized carbons (Fsp3) is 0.462. The van der Waals surface area contributed by atoms with Gasteiger partial charge < -0.3 is 14.9 Å². The van der Waals surface area contributed by atoms with Crippen molar-refractivity contribution in [2.45, 2.75) is 18.9 Å². The van der Waals surface area contributed by atoms with Gasteiger partial charge in [0.05, 0.1) is 11.7 Å². The van der Waals surface area contributed by atoms with Gasteiger partial charge in [0.15, 0.2) is 0 Å². The molecule has 6 heteroatoms. The molecule has 1 aromatic rings. The molecule has 1 aliphatic heterocycles. The first-order valence-corrected chi connectivity index (χ1v) is 6.24. The van der Waals surface area contributed by atoms with Crippen molar-refractivity contribution in [1.29, 1.82) is 0 Å². The first-order valence-electron chi connectivity index (χ1n) is 6.24. The molecule has 19 heavy (non-hydrogen) atoms. The Morgan fingerprint density at radius 2 is 2.32 bits per heavy atom. The third-order valence-corrected chi connectivity index (χ3v) is 3.28. The van der Waals surface area contributed by atoms with Crippen LogP contribution in [0.15, 0.2) is 24.4 Å². The van der Waals surface area contributed by atoms with Gasteiger partial charge >= 0.3 is 12.0 Å². The standard InChI is InChI=1S/C13H17N3O3/c1-15-11(10-5-2-3-7-14-10)9-16(13(15)19)8-4-6-12(17)18/h2-3,5,7,11H,4,6,8-9H2,1H3,(H,17,18). The van der Waals surface area contributed by atoms with Crippen molar-refractivity contribution < 1.29 is 14.7 Å². The molecule has 0 saturated carbocycles. The molecule has 0 spiro atoms. The summed E-state index contributed by atoms with van der Waals surface area (Å²) in [6.45, 7) is 1.03. The van der Waals surface area contributed by atoms with Crippen LogP contribution in [0.1, 0.15) is 24.6 Å². The summed E-state index contributed by atoms with van der Waals surface area (Å²) in [7, 11) is 1.75. The van der Waals surface area contributed by atoms with E-state index in [-0.39, 0.29) is 18.5 Å². The van der Waals surface area contributed by atoms with Crippen molar-refractivity contribution >= 4 is 12.0 Å². The largest absolute Gasteiger partial charge is 0.481 e. The summed E-state index contributed by atoms with van der Waals surface area (Å²) < 4.78 is 0. The van der Waals surface area contributed by atoms with Gasteiger partial charge in [0.25, 0.3) is 0 Å². The molecule has 1 aromatic heterocycles. The molecular weight excluding hydrogens is 246 g/mol. The Morgan fingerprint density at radius 1 is 1.53 bits per heavy atom. The van der Waals surface area contributed by atoms with Crippen molar-refractivity contribution in [3.8, 4) is 0 Å². The lowest BCUT2D eigenvalue weighted by atomic mass is 10.2. The highest BCUT2D eigenvalue weighted by Crippen LogP contribution is 2.26. The average Bonchev–Trinajstić information content (AvgIpc) is 2.68. The van der Waals surface area contributed by atoms with Crippen LogP contribution in [-0.4, -0.2) is 52.0 Å². The van der Waals surface area contributed by atoms with Crippen molar-refractivity contribution in [3.63, 3.8) is 0 Å². The zero-order valence-corrected chi connectivity index (χ0v) is 10.8. The molecule has 0 bridgehead atoms. The highest BCUT2D eigenvalue weighted by molar-refractivity contribution is 5.77. The molecule has 102 valence electrons. The molecular formula is C13H17N3O3. The van der Waals surface area contributed by atoms with Gasteiger partial charge in [-0.05, 0) is 18.6 Å². The minimum absolute atomic E-state index is 0.0569. The summed E-state index contributed by atoms with van der Waals surface area (Å²) in [5.74, 6) is -0.832. The number of aromatic nitrogens is 1. The first kappa shape index (κ1) is 13.3. The van der Waals surface area contributed by atoms with E-state index in [0.717, 1.165) is 5.69 Å². The Kier molecular flexibility index (Phi) is 3.99. The quantitative estimate of drug-likeness (QED) is 0.870. The molecule has 0 aliphatic carbocycles. The van der Waals surface area contributed by atoms with Gasteiger partial charge in [-0.15, -0.1) is 0 Å². The van der Waals surface area contributed by atoms with Gasteiger partial charge in [0.2, 0.25) is 0 Å². The van der Waals surface area contributed by atoms with E-state index < -0.39 is 5.97 Å². The number of hydrogen-bond acceptors (Lipinski definition) is 3. The van der Waals surface area contributed by atoms with Crippen LogP contribution in [0.25, 0.3) is 0 Å². The van der Waals surface area contributed by atoms with Crippen LogP contribution in [0.3, 0.4) is 0 Å². The molecule has 1 unspecified atom stereocenters. The van der Waals surface area contributed by atoms with Crippen LogP contribution in [0, 0.1) is 0 Å². The van der Waals surface area contributed by atoms with Crippen LogP contribution in [0.2, 0.25) is 0 Å². The second-order valence-electron chi connectivity index (χ2n) is 4.61. The van der Waals surface area contributed by atoms with Gasteiger partial charge in [-0.2, -0.15) is 0 Å². The van der Waals surface area contributed by atoms with Gasteiger partial charge in [-0.25, -0.2) is 4.79 Å². The van der Waals surface area contributed by atoms with Crippen LogP contribution in [0.4, 0.5) is 4.79 Å². The van der Waals surface area contributed by atoms with E-state index in [0.29, 0.717) is 19.5 Å². The van der Waals surface area contributed by atoms with Crippen molar-refractivity contribution in [2.75, 3.05) is 20.1 Å². The molecule has 1 saturated heterocycles. The summed E-state index contributed by atoms with van der Waals surface area (Å²) in [5, 5.41) is 8.61. The number of carbonyl (C=O) groups excluding carboxylic acids is 1. The Hall–Kier alpha value is -2.11. The lowest BCUT2D eigenvalue weighted by molar-refractivity contribution is -0.137. The number of likely N-dealkylation sites (N-methyl/N-ethyl adjacent to an activating group) is 1. The average molecular weight is 263 g/mol. The van der Waals surface area contributed by atoms with Gasteiger partial charge in [0.1, 0.15) is 0 Å². The topological polar surface area (TPSA) is 73.7 Å². The molecule has 1 aliphatic rings. The predicted octanol–water partition coefficient (Wildman–Crippen LogP) is 1.35. The van der Waals surface area contributed by atoms with E-state index in [9.17, 15) is 9.59 Å². The van der Waals surface area contributed by atoms with Crippen LogP contribution in [-0.2, 0) is 4.79 Å². The second-order valence-corrected chi connectivity index (χ2v) is 4.61. The first-order chi connectivity index (χ1) is 9.09. The van der Waals surface area contributed by atoms with E-state index in [1.54, 1.807) is 23.0 Å². The number of rotatable bonds is 5. The number of carboxylic acid groups (broad SMARTS) is 1. The third kappa shape index (κ3) is 3.01. The van der Waals surface area contributed by atoms with Crippen LogP contribution in [0.5, 0.6) is 0 Å². The van der Waals surface area contributed by atoms with Gasteiger partial charge in [0, 0.05) is 32.8 Å². The number of urea groups is 1. The predicted molar refractivity (Wildman–Crippen MR) is 68.6 cm³/mol. The minimum atomic E-state index is -0.832. The van der Waals surface area contributed by atoms with Gasteiger partial charge in [-0.3, -0.25) is 9.78 Å². The van der Waals surface area contributed by atoms with Gasteiger partial charge in [-0.1, -0.05) is 6.07 Å². The van der Waals surface area contributed by atoms with E-state index in [1.807, 2.05) is 18.2 Å². The number of hydrogen-bond donors (Lipinski definition) is 1. The zero-order chi connectivity index (χ0) is 13.8. The molecule has 6 nitrogen and oxygen atoms in total.